The number of nitrogens with one attached hydrogen (secondary N) is 1. The Morgan fingerprint density at radius 2 is 1.65 bits per heavy atom. The van der Waals surface area contributed by atoms with Crippen LogP contribution in [0.5, 0.6) is 0 Å². The van der Waals surface area contributed by atoms with Gasteiger partial charge in [0.25, 0.3) is 0 Å². The van der Waals surface area contributed by atoms with Gasteiger partial charge in [-0.3, -0.25) is 9.59 Å². The molecule has 0 aromatic heterocycles. The summed E-state index contributed by atoms with van der Waals surface area (Å²) in [4.78, 5) is 24.6. The summed E-state index contributed by atoms with van der Waals surface area (Å²) in [5.74, 6) is -1.04. The van der Waals surface area contributed by atoms with E-state index in [0.717, 1.165) is 5.56 Å². The minimum atomic E-state index is -0.543. The van der Waals surface area contributed by atoms with Gasteiger partial charge in [0, 0.05) is 18.4 Å². The molecular formula is C18H12Cl4N2O2. The van der Waals surface area contributed by atoms with E-state index in [9.17, 15) is 9.59 Å². The minimum Gasteiger partial charge on any atom is -0.294 e. The first kappa shape index (κ1) is 19.2. The summed E-state index contributed by atoms with van der Waals surface area (Å²) in [5.41, 5.74) is 4.25. The fourth-order valence-electron chi connectivity index (χ4n) is 2.62. The smallest absolute Gasteiger partial charge is 0.244 e. The number of nitrogens with zero attached hydrogens (tertiary/aromatic N) is 1. The van der Waals surface area contributed by atoms with Crippen LogP contribution in [0.25, 0.3) is 0 Å². The highest BCUT2D eigenvalue weighted by molar-refractivity contribution is 6.42. The molecule has 134 valence electrons. The van der Waals surface area contributed by atoms with Crippen LogP contribution < -0.4 is 5.43 Å². The molecule has 0 saturated carbocycles. The Morgan fingerprint density at radius 3 is 2.31 bits per heavy atom. The SMILES string of the molecule is O=C(CC1CC(c2ccc(Cl)c(Cl)c2)=NNC1=O)c1ccc(Cl)c(Cl)c1. The normalized spacial score (nSPS) is 16.8. The molecule has 0 bridgehead atoms. The molecule has 26 heavy (non-hydrogen) atoms. The molecule has 8 heteroatoms. The molecule has 4 nitrogen and oxygen atoms in total. The predicted octanol–water partition coefficient (Wildman–Crippen LogP) is 5.41. The van der Waals surface area contributed by atoms with E-state index in [1.807, 2.05) is 0 Å². The van der Waals surface area contributed by atoms with E-state index in [1.54, 1.807) is 30.3 Å². The molecule has 0 spiro atoms. The number of Topliss-reactive ketones (excluding diaryl/α,β-unsaturated/α-hetero) is 1. The zero-order valence-electron chi connectivity index (χ0n) is 13.2. The number of hydrazone groups is 1. The first-order chi connectivity index (χ1) is 12.3. The summed E-state index contributed by atoms with van der Waals surface area (Å²) in [5, 5.41) is 5.56. The van der Waals surface area contributed by atoms with Crippen molar-refractivity contribution in [2.75, 3.05) is 0 Å². The Bertz CT molecular complexity index is 927. The minimum absolute atomic E-state index is 0.0319. The van der Waals surface area contributed by atoms with Crippen molar-refractivity contribution in [2.45, 2.75) is 12.8 Å². The average Bonchev–Trinajstić information content (AvgIpc) is 2.61. The summed E-state index contributed by atoms with van der Waals surface area (Å²) in [6.07, 6.45) is 0.348. The van der Waals surface area contributed by atoms with Crippen LogP contribution in [0.2, 0.25) is 20.1 Å². The molecule has 1 aliphatic rings. The standard InChI is InChI=1S/C18H12Cl4N2O2/c19-12-3-1-9(5-14(12)21)16-7-11(18(26)24-23-16)8-17(25)10-2-4-13(20)15(22)6-10/h1-6,11H,7-8H2,(H,24,26). The van der Waals surface area contributed by atoms with Crippen molar-refractivity contribution in [3.63, 3.8) is 0 Å². The van der Waals surface area contributed by atoms with Gasteiger partial charge < -0.3 is 0 Å². The third-order valence-electron chi connectivity index (χ3n) is 4.04. The molecule has 0 aliphatic carbocycles. The highest BCUT2D eigenvalue weighted by Gasteiger charge is 2.28. The van der Waals surface area contributed by atoms with Crippen LogP contribution >= 0.6 is 46.4 Å². The monoisotopic (exact) mass is 428 g/mol. The van der Waals surface area contributed by atoms with Gasteiger partial charge in [-0.25, -0.2) is 5.43 Å². The first-order valence-electron chi connectivity index (χ1n) is 7.65. The van der Waals surface area contributed by atoms with Gasteiger partial charge in [-0.15, -0.1) is 0 Å². The van der Waals surface area contributed by atoms with Crippen molar-refractivity contribution >= 4 is 63.8 Å². The number of carbonyl (C=O) groups excluding carboxylic acids is 2. The summed E-state index contributed by atoms with van der Waals surface area (Å²) in [7, 11) is 0. The molecule has 1 N–H and O–H groups in total. The van der Waals surface area contributed by atoms with Crippen molar-refractivity contribution in [1.29, 1.82) is 0 Å². The Morgan fingerprint density at radius 1 is 1.00 bits per heavy atom. The molecule has 1 amide bonds. The maximum absolute atomic E-state index is 12.5. The van der Waals surface area contributed by atoms with Gasteiger partial charge in [-0.1, -0.05) is 52.5 Å². The lowest BCUT2D eigenvalue weighted by Gasteiger charge is -2.21. The van der Waals surface area contributed by atoms with Gasteiger partial charge in [-0.05, 0) is 35.9 Å². The van der Waals surface area contributed by atoms with E-state index in [-0.39, 0.29) is 18.1 Å². The fourth-order valence-corrected chi connectivity index (χ4v) is 3.22. The number of hydrogen-bond donors (Lipinski definition) is 1. The molecule has 0 radical (unpaired) electrons. The number of amides is 1. The Balaban J connectivity index is 1.77. The van der Waals surface area contributed by atoms with Crippen molar-refractivity contribution in [1.82, 2.24) is 5.43 Å². The number of benzene rings is 2. The van der Waals surface area contributed by atoms with E-state index >= 15 is 0 Å². The van der Waals surface area contributed by atoms with E-state index < -0.39 is 5.92 Å². The third kappa shape index (κ3) is 4.21. The van der Waals surface area contributed by atoms with Gasteiger partial charge in [0.05, 0.1) is 31.7 Å². The largest absolute Gasteiger partial charge is 0.294 e. The summed E-state index contributed by atoms with van der Waals surface area (Å²) >= 11 is 23.8. The zero-order chi connectivity index (χ0) is 18.8. The lowest BCUT2D eigenvalue weighted by molar-refractivity contribution is -0.125. The highest BCUT2D eigenvalue weighted by Crippen LogP contribution is 2.27. The maximum Gasteiger partial charge on any atom is 0.244 e. The molecule has 0 saturated heterocycles. The summed E-state index contributed by atoms with van der Waals surface area (Å²) in [6, 6.07) is 9.75. The van der Waals surface area contributed by atoms with Crippen molar-refractivity contribution in [3.8, 4) is 0 Å². The number of rotatable bonds is 4. The van der Waals surface area contributed by atoms with Gasteiger partial charge in [0.2, 0.25) is 5.91 Å². The van der Waals surface area contributed by atoms with Crippen LogP contribution in [-0.2, 0) is 4.79 Å². The third-order valence-corrected chi connectivity index (χ3v) is 5.52. The Hall–Kier alpha value is -1.59. The quantitative estimate of drug-likeness (QED) is 0.660. The number of ketones is 1. The zero-order valence-corrected chi connectivity index (χ0v) is 16.3. The van der Waals surface area contributed by atoms with E-state index in [1.165, 1.54) is 6.07 Å². The molecular weight excluding hydrogens is 418 g/mol. The first-order valence-corrected chi connectivity index (χ1v) is 9.16. The van der Waals surface area contributed by atoms with Crippen LogP contribution in [-0.4, -0.2) is 17.4 Å². The maximum atomic E-state index is 12.5. The second-order valence-corrected chi connectivity index (χ2v) is 7.45. The number of halogens is 4. The Labute approximate surface area is 170 Å². The van der Waals surface area contributed by atoms with Crippen LogP contribution in [0, 0.1) is 5.92 Å². The molecule has 2 aromatic carbocycles. The van der Waals surface area contributed by atoms with Crippen LogP contribution in [0.3, 0.4) is 0 Å². The van der Waals surface area contributed by atoms with Crippen molar-refractivity contribution in [3.05, 3.63) is 67.6 Å². The molecule has 1 unspecified atom stereocenters. The molecule has 1 heterocycles. The van der Waals surface area contributed by atoms with Crippen molar-refractivity contribution < 1.29 is 9.59 Å². The Kier molecular flexibility index (Phi) is 5.88. The van der Waals surface area contributed by atoms with E-state index in [0.29, 0.717) is 37.8 Å². The molecule has 1 atom stereocenters. The molecule has 1 aliphatic heterocycles. The fraction of sp³-hybridized carbons (Fsp3) is 0.167. The lowest BCUT2D eigenvalue weighted by Crippen LogP contribution is -2.36. The van der Waals surface area contributed by atoms with Crippen LogP contribution in [0.4, 0.5) is 0 Å². The van der Waals surface area contributed by atoms with Gasteiger partial charge in [0.15, 0.2) is 5.78 Å². The second-order valence-electron chi connectivity index (χ2n) is 5.82. The molecule has 3 rings (SSSR count). The summed E-state index contributed by atoms with van der Waals surface area (Å²) in [6.45, 7) is 0. The second kappa shape index (κ2) is 7.97. The van der Waals surface area contributed by atoms with Gasteiger partial charge in [0.1, 0.15) is 0 Å². The topological polar surface area (TPSA) is 58.5 Å². The van der Waals surface area contributed by atoms with Crippen LogP contribution in [0.1, 0.15) is 28.8 Å². The van der Waals surface area contributed by atoms with Gasteiger partial charge >= 0.3 is 0 Å². The average molecular weight is 430 g/mol. The van der Waals surface area contributed by atoms with Gasteiger partial charge in [-0.2, -0.15) is 5.10 Å². The van der Waals surface area contributed by atoms with Crippen molar-refractivity contribution in [2.24, 2.45) is 11.0 Å². The summed E-state index contributed by atoms with van der Waals surface area (Å²) < 4.78 is 0. The number of carbonyl (C=O) groups is 2. The van der Waals surface area contributed by atoms with E-state index in [2.05, 4.69) is 10.5 Å². The molecule has 2 aromatic rings. The predicted molar refractivity (Wildman–Crippen MR) is 105 cm³/mol. The highest BCUT2D eigenvalue weighted by atomic mass is 35.5. The van der Waals surface area contributed by atoms with E-state index in [4.69, 9.17) is 46.4 Å². The lowest BCUT2D eigenvalue weighted by atomic mass is 9.90. The number of hydrogen-bond acceptors (Lipinski definition) is 3. The molecule has 0 fully saturated rings. The van der Waals surface area contributed by atoms with Crippen LogP contribution in [0.15, 0.2) is 41.5 Å².